The summed E-state index contributed by atoms with van der Waals surface area (Å²) in [6, 6.07) is 4.91. The molecule has 0 bridgehead atoms. The molecule has 0 fully saturated rings. The Bertz CT molecular complexity index is 541. The lowest BCUT2D eigenvalue weighted by atomic mass is 10.0. The van der Waals surface area contributed by atoms with Crippen LogP contribution in [0.4, 0.5) is 11.4 Å². The fourth-order valence-electron chi connectivity index (χ4n) is 3.32. The third-order valence-electron chi connectivity index (χ3n) is 4.97. The maximum atomic E-state index is 10.6. The Labute approximate surface area is 174 Å². The number of anilines is 2. The van der Waals surface area contributed by atoms with Gasteiger partial charge in [-0.2, -0.15) is 0 Å². The lowest BCUT2D eigenvalue weighted by molar-refractivity contribution is 0.306. The second kappa shape index (κ2) is 16.7. The van der Waals surface area contributed by atoms with Gasteiger partial charge in [-0.05, 0) is 24.6 Å². The van der Waals surface area contributed by atoms with Crippen LogP contribution >= 0.6 is 0 Å². The highest BCUT2D eigenvalue weighted by Crippen LogP contribution is 2.25. The van der Waals surface area contributed by atoms with Gasteiger partial charge in [0.15, 0.2) is 0 Å². The van der Waals surface area contributed by atoms with Crippen LogP contribution in [-0.2, 0) is 11.3 Å². The highest BCUT2D eigenvalue weighted by Gasteiger charge is 2.02. The Morgan fingerprint density at radius 1 is 0.893 bits per heavy atom. The molecule has 1 aromatic carbocycles. The normalized spacial score (nSPS) is 12.1. The molecule has 1 unspecified atom stereocenters. The monoisotopic (exact) mass is 411 g/mol. The predicted molar refractivity (Wildman–Crippen MR) is 119 cm³/mol. The smallest absolute Gasteiger partial charge is 0.142 e. The van der Waals surface area contributed by atoms with Crippen LogP contribution in [0.15, 0.2) is 18.2 Å². The van der Waals surface area contributed by atoms with Crippen molar-refractivity contribution in [1.29, 1.82) is 0 Å². The van der Waals surface area contributed by atoms with Crippen molar-refractivity contribution in [3.05, 3.63) is 18.2 Å². The molecule has 28 heavy (non-hydrogen) atoms. The summed E-state index contributed by atoms with van der Waals surface area (Å²) in [5, 5.41) is 0. The maximum Gasteiger partial charge on any atom is 0.142 e. The minimum Gasteiger partial charge on any atom is -0.755 e. The molecule has 1 aromatic rings. The van der Waals surface area contributed by atoms with E-state index in [1.807, 2.05) is 0 Å². The van der Waals surface area contributed by atoms with Crippen molar-refractivity contribution in [2.24, 2.45) is 0 Å². The van der Waals surface area contributed by atoms with Crippen LogP contribution in [0, 0.1) is 0 Å². The van der Waals surface area contributed by atoms with E-state index in [9.17, 15) is 8.76 Å². The molecule has 0 aliphatic carbocycles. The van der Waals surface area contributed by atoms with Crippen molar-refractivity contribution in [3.63, 3.8) is 0 Å². The first-order chi connectivity index (χ1) is 13.6. The first-order valence-electron chi connectivity index (χ1n) is 11.0. The maximum absolute atomic E-state index is 10.6. The minimum absolute atomic E-state index is 0.440. The number of nitrogens with two attached hydrogens (primary N) is 1. The number of hydrogen-bond acceptors (Lipinski definition) is 4. The largest absolute Gasteiger partial charge is 0.755 e. The lowest BCUT2D eigenvalue weighted by Gasteiger charge is -2.12. The van der Waals surface area contributed by atoms with E-state index in [2.05, 4.69) is 11.6 Å². The van der Waals surface area contributed by atoms with Crippen molar-refractivity contribution in [3.8, 4) is 5.75 Å². The molecule has 0 aromatic heterocycles. The summed E-state index contributed by atoms with van der Waals surface area (Å²) in [7, 11) is 0. The molecular formula is C22H39N2O3S-. The number of rotatable bonds is 18. The number of benzene rings is 1. The van der Waals surface area contributed by atoms with E-state index in [1.54, 1.807) is 18.2 Å². The van der Waals surface area contributed by atoms with Gasteiger partial charge in [-0.15, -0.1) is 0 Å². The van der Waals surface area contributed by atoms with Gasteiger partial charge >= 0.3 is 0 Å². The van der Waals surface area contributed by atoms with Gasteiger partial charge in [0.1, 0.15) is 5.75 Å². The zero-order valence-corrected chi connectivity index (χ0v) is 18.4. The standard InChI is InChI=1S/C22H40N2O3S/c1-2-3-4-5-6-7-8-9-10-11-12-13-14-15-18-27-22-17-16-20(19-21(22)23)24-28(25)26/h16-17,19,24H,2-15,18,23H2,1H3,(H,25,26)/p-1. The highest BCUT2D eigenvalue weighted by molar-refractivity contribution is 7.80. The number of nitrogen functional groups attached to an aromatic ring is 1. The number of ether oxygens (including phenoxy) is 1. The predicted octanol–water partition coefficient (Wildman–Crippen LogP) is 6.33. The van der Waals surface area contributed by atoms with Crippen LogP contribution in [0.2, 0.25) is 0 Å². The minimum atomic E-state index is -2.34. The molecular weight excluding hydrogens is 372 g/mol. The van der Waals surface area contributed by atoms with Crippen molar-refractivity contribution in [1.82, 2.24) is 0 Å². The molecule has 3 N–H and O–H groups in total. The third-order valence-corrected chi connectivity index (χ3v) is 5.37. The molecule has 6 heteroatoms. The van der Waals surface area contributed by atoms with Crippen LogP contribution in [-0.4, -0.2) is 15.4 Å². The molecule has 5 nitrogen and oxygen atoms in total. The van der Waals surface area contributed by atoms with Gasteiger partial charge in [0.25, 0.3) is 0 Å². The van der Waals surface area contributed by atoms with Crippen LogP contribution < -0.4 is 15.2 Å². The summed E-state index contributed by atoms with van der Waals surface area (Å²) in [5.41, 5.74) is 6.78. The van der Waals surface area contributed by atoms with E-state index in [-0.39, 0.29) is 0 Å². The topological polar surface area (TPSA) is 87.4 Å². The first-order valence-corrected chi connectivity index (χ1v) is 12.1. The van der Waals surface area contributed by atoms with Crippen molar-refractivity contribution in [2.45, 2.75) is 96.8 Å². The van der Waals surface area contributed by atoms with Crippen molar-refractivity contribution in [2.75, 3.05) is 17.1 Å². The molecule has 1 atom stereocenters. The zero-order chi connectivity index (χ0) is 20.5. The molecule has 0 spiro atoms. The van der Waals surface area contributed by atoms with Gasteiger partial charge in [0, 0.05) is 17.0 Å². The van der Waals surface area contributed by atoms with E-state index in [0.29, 0.717) is 23.7 Å². The molecule has 0 amide bonds. The fourth-order valence-corrected chi connectivity index (χ4v) is 3.64. The molecule has 0 aliphatic rings. The SMILES string of the molecule is CCCCCCCCCCCCCCCCOc1ccc(NS(=O)[O-])cc1N. The molecule has 0 saturated heterocycles. The summed E-state index contributed by atoms with van der Waals surface area (Å²) in [6.07, 6.45) is 18.7. The average Bonchev–Trinajstić information content (AvgIpc) is 2.66. The van der Waals surface area contributed by atoms with Gasteiger partial charge in [-0.3, -0.25) is 4.21 Å². The van der Waals surface area contributed by atoms with Gasteiger partial charge < -0.3 is 19.7 Å². The molecule has 162 valence electrons. The molecule has 0 heterocycles. The Morgan fingerprint density at radius 2 is 1.39 bits per heavy atom. The zero-order valence-electron chi connectivity index (χ0n) is 17.5. The summed E-state index contributed by atoms with van der Waals surface area (Å²) in [5.74, 6) is 0.608. The molecule has 1 rings (SSSR count). The Balaban J connectivity index is 1.92. The van der Waals surface area contributed by atoms with Crippen LogP contribution in [0.3, 0.4) is 0 Å². The lowest BCUT2D eigenvalue weighted by Crippen LogP contribution is -2.04. The van der Waals surface area contributed by atoms with Crippen molar-refractivity contribution < 1.29 is 13.5 Å². The van der Waals surface area contributed by atoms with E-state index >= 15 is 0 Å². The van der Waals surface area contributed by atoms with Gasteiger partial charge in [0.2, 0.25) is 0 Å². The number of unbranched alkanes of at least 4 members (excludes halogenated alkanes) is 13. The van der Waals surface area contributed by atoms with Gasteiger partial charge in [-0.1, -0.05) is 90.4 Å². The van der Waals surface area contributed by atoms with E-state index in [4.69, 9.17) is 10.5 Å². The second-order valence-corrected chi connectivity index (χ2v) is 8.21. The number of hydrogen-bond donors (Lipinski definition) is 2. The Hall–Kier alpha value is -1.27. The van der Waals surface area contributed by atoms with E-state index in [0.717, 1.165) is 6.42 Å². The van der Waals surface area contributed by atoms with Crippen LogP contribution in [0.25, 0.3) is 0 Å². The van der Waals surface area contributed by atoms with Gasteiger partial charge in [0.05, 0.1) is 12.3 Å². The quantitative estimate of drug-likeness (QED) is 0.168. The fraction of sp³-hybridized carbons (Fsp3) is 0.727. The summed E-state index contributed by atoms with van der Waals surface area (Å²) >= 11 is -2.34. The summed E-state index contributed by atoms with van der Waals surface area (Å²) in [4.78, 5) is 0. The van der Waals surface area contributed by atoms with Gasteiger partial charge in [-0.25, -0.2) is 0 Å². The summed E-state index contributed by atoms with van der Waals surface area (Å²) < 4.78 is 29.2. The van der Waals surface area contributed by atoms with E-state index in [1.165, 1.54) is 83.5 Å². The van der Waals surface area contributed by atoms with Crippen LogP contribution in [0.1, 0.15) is 96.8 Å². The first kappa shape index (κ1) is 24.8. The van der Waals surface area contributed by atoms with E-state index < -0.39 is 11.3 Å². The third kappa shape index (κ3) is 13.0. The van der Waals surface area contributed by atoms with Crippen molar-refractivity contribution >= 4 is 22.6 Å². The van der Waals surface area contributed by atoms with Crippen LogP contribution in [0.5, 0.6) is 5.75 Å². The Morgan fingerprint density at radius 3 is 1.86 bits per heavy atom. The number of nitrogens with one attached hydrogen (secondary N) is 1. The molecule has 0 saturated carbocycles. The average molecular weight is 412 g/mol. The highest BCUT2D eigenvalue weighted by atomic mass is 32.2. The summed E-state index contributed by atoms with van der Waals surface area (Å²) in [6.45, 7) is 2.91. The second-order valence-electron chi connectivity index (χ2n) is 7.53. The Kier molecular flexibility index (Phi) is 14.7. The molecule has 0 radical (unpaired) electrons. The molecule has 0 aliphatic heterocycles.